The van der Waals surface area contributed by atoms with E-state index in [0.717, 1.165) is 23.1 Å². The van der Waals surface area contributed by atoms with Gasteiger partial charge in [-0.15, -0.1) is 0 Å². The van der Waals surface area contributed by atoms with Crippen molar-refractivity contribution in [2.45, 2.75) is 45.6 Å². The molecule has 3 aromatic rings. The van der Waals surface area contributed by atoms with Gasteiger partial charge in [0.15, 0.2) is 0 Å². The summed E-state index contributed by atoms with van der Waals surface area (Å²) in [6.45, 7) is 8.62. The van der Waals surface area contributed by atoms with E-state index in [1.54, 1.807) is 6.07 Å². The smallest absolute Gasteiger partial charge is 0.307 e. The molecule has 0 aliphatic carbocycles. The molecule has 3 rings (SSSR count). The van der Waals surface area contributed by atoms with Crippen molar-refractivity contribution in [3.8, 4) is 0 Å². The summed E-state index contributed by atoms with van der Waals surface area (Å²) in [6, 6.07) is 9.60. The molecule has 0 fully saturated rings. The lowest BCUT2D eigenvalue weighted by Crippen LogP contribution is -2.55. The normalized spacial score (nSPS) is 12.2. The minimum Gasteiger partial charge on any atom is -0.322 e. The van der Waals surface area contributed by atoms with E-state index in [-0.39, 0.29) is 11.1 Å². The molecule has 0 atom stereocenters. The molecule has 5 heteroatoms. The SMILES string of the molecule is CC(C)c1nc[n+](C(C)(C)Cc2ccc3[nH]c(=O)ccc3c2)[nH]1. The molecule has 0 amide bonds. The Kier molecular flexibility index (Phi) is 3.80. The summed E-state index contributed by atoms with van der Waals surface area (Å²) in [5, 5.41) is 4.43. The number of pyridine rings is 1. The number of benzene rings is 1. The summed E-state index contributed by atoms with van der Waals surface area (Å²) in [7, 11) is 0. The molecular formula is C18H23N4O+. The van der Waals surface area contributed by atoms with E-state index in [4.69, 9.17) is 0 Å². The summed E-state index contributed by atoms with van der Waals surface area (Å²) in [5.41, 5.74) is 1.91. The van der Waals surface area contributed by atoms with Crippen molar-refractivity contribution >= 4 is 10.9 Å². The van der Waals surface area contributed by atoms with Gasteiger partial charge in [-0.1, -0.05) is 19.9 Å². The van der Waals surface area contributed by atoms with Crippen LogP contribution in [-0.2, 0) is 12.0 Å². The molecule has 0 saturated heterocycles. The van der Waals surface area contributed by atoms with Crippen molar-refractivity contribution in [2.75, 3.05) is 0 Å². The summed E-state index contributed by atoms with van der Waals surface area (Å²) >= 11 is 0. The quantitative estimate of drug-likeness (QED) is 0.728. The lowest BCUT2D eigenvalue weighted by Gasteiger charge is -2.20. The zero-order valence-electron chi connectivity index (χ0n) is 14.1. The molecule has 2 N–H and O–H groups in total. The maximum atomic E-state index is 11.4. The molecule has 1 aromatic carbocycles. The first-order chi connectivity index (χ1) is 10.8. The molecular weight excluding hydrogens is 288 g/mol. The first-order valence-corrected chi connectivity index (χ1v) is 7.94. The number of hydrogen-bond donors (Lipinski definition) is 2. The fraction of sp³-hybridized carbons (Fsp3) is 0.389. The van der Waals surface area contributed by atoms with E-state index in [1.165, 1.54) is 5.56 Å². The van der Waals surface area contributed by atoms with Gasteiger partial charge in [0.25, 0.3) is 5.82 Å². The van der Waals surface area contributed by atoms with Gasteiger partial charge in [0, 0.05) is 23.9 Å². The van der Waals surface area contributed by atoms with E-state index in [1.807, 2.05) is 18.5 Å². The van der Waals surface area contributed by atoms with Crippen molar-refractivity contribution in [1.29, 1.82) is 0 Å². The van der Waals surface area contributed by atoms with Crippen LogP contribution in [0.25, 0.3) is 10.9 Å². The maximum absolute atomic E-state index is 11.4. The Morgan fingerprint density at radius 3 is 2.70 bits per heavy atom. The van der Waals surface area contributed by atoms with Gasteiger partial charge in [0.05, 0.1) is 0 Å². The van der Waals surface area contributed by atoms with Gasteiger partial charge in [-0.2, -0.15) is 9.78 Å². The van der Waals surface area contributed by atoms with Gasteiger partial charge in [-0.05, 0) is 48.0 Å². The van der Waals surface area contributed by atoms with Crippen LogP contribution in [-0.4, -0.2) is 15.1 Å². The second-order valence-electron chi connectivity index (χ2n) is 7.00. The first-order valence-electron chi connectivity index (χ1n) is 7.94. The molecule has 0 aliphatic heterocycles. The van der Waals surface area contributed by atoms with Gasteiger partial charge in [0.2, 0.25) is 5.56 Å². The number of nitrogens with zero attached hydrogens (tertiary/aromatic N) is 2. The van der Waals surface area contributed by atoms with Crippen LogP contribution in [0.15, 0.2) is 41.5 Å². The number of aromatic nitrogens is 4. The zero-order valence-corrected chi connectivity index (χ0v) is 14.1. The number of nitrogens with one attached hydrogen (secondary N) is 2. The third-order valence-corrected chi connectivity index (χ3v) is 4.17. The average molecular weight is 311 g/mol. The van der Waals surface area contributed by atoms with Crippen molar-refractivity contribution in [3.63, 3.8) is 0 Å². The largest absolute Gasteiger partial charge is 0.322 e. The van der Waals surface area contributed by atoms with Crippen LogP contribution in [0.1, 0.15) is 45.0 Å². The van der Waals surface area contributed by atoms with Crippen LogP contribution < -0.4 is 10.2 Å². The minimum absolute atomic E-state index is 0.0696. The molecule has 0 unspecified atom stereocenters. The zero-order chi connectivity index (χ0) is 16.6. The Morgan fingerprint density at radius 2 is 2.00 bits per heavy atom. The Balaban J connectivity index is 1.89. The van der Waals surface area contributed by atoms with Crippen molar-refractivity contribution < 1.29 is 4.68 Å². The highest BCUT2D eigenvalue weighted by molar-refractivity contribution is 5.78. The number of hydrogen-bond acceptors (Lipinski definition) is 2. The number of rotatable bonds is 4. The summed E-state index contributed by atoms with van der Waals surface area (Å²) in [5.74, 6) is 1.37. The summed E-state index contributed by atoms with van der Waals surface area (Å²) < 4.78 is 2.07. The van der Waals surface area contributed by atoms with E-state index < -0.39 is 0 Å². The Hall–Kier alpha value is -2.43. The third kappa shape index (κ3) is 3.18. The first kappa shape index (κ1) is 15.5. The second kappa shape index (κ2) is 5.65. The standard InChI is InChI=1S/C18H22N4O/c1-12(2)17-19-11-22(21-17)18(3,4)10-13-5-7-15-14(9-13)6-8-16(23)20-15/h5-9,11-12H,10H2,1-4H3,(H,20,23)/p+1. The summed E-state index contributed by atoms with van der Waals surface area (Å²) in [4.78, 5) is 18.7. The van der Waals surface area contributed by atoms with Crippen LogP contribution in [0.5, 0.6) is 0 Å². The molecule has 5 nitrogen and oxygen atoms in total. The monoisotopic (exact) mass is 311 g/mol. The van der Waals surface area contributed by atoms with Crippen LogP contribution in [0, 0.1) is 0 Å². The van der Waals surface area contributed by atoms with E-state index in [2.05, 4.69) is 59.6 Å². The van der Waals surface area contributed by atoms with Gasteiger partial charge in [-0.25, -0.2) is 0 Å². The minimum atomic E-state index is -0.115. The lowest BCUT2D eigenvalue weighted by molar-refractivity contribution is -0.807. The molecule has 0 spiro atoms. The van der Waals surface area contributed by atoms with Crippen LogP contribution in [0.4, 0.5) is 0 Å². The lowest BCUT2D eigenvalue weighted by atomic mass is 9.94. The number of H-pyrrole nitrogens is 2. The average Bonchev–Trinajstić information content (AvgIpc) is 2.98. The molecule has 0 aliphatic rings. The van der Waals surface area contributed by atoms with E-state index in [9.17, 15) is 4.79 Å². The highest BCUT2D eigenvalue weighted by Gasteiger charge is 2.28. The van der Waals surface area contributed by atoms with Gasteiger partial charge < -0.3 is 4.98 Å². The topological polar surface area (TPSA) is 65.4 Å². The highest BCUT2D eigenvalue weighted by atomic mass is 16.1. The molecule has 0 bridgehead atoms. The van der Waals surface area contributed by atoms with Crippen molar-refractivity contribution in [3.05, 3.63) is 58.4 Å². The van der Waals surface area contributed by atoms with Crippen LogP contribution >= 0.6 is 0 Å². The summed E-state index contributed by atoms with van der Waals surface area (Å²) in [6.07, 6.45) is 2.74. The van der Waals surface area contributed by atoms with Crippen LogP contribution in [0.3, 0.4) is 0 Å². The van der Waals surface area contributed by atoms with E-state index in [0.29, 0.717) is 5.92 Å². The van der Waals surface area contributed by atoms with Gasteiger partial charge in [-0.3, -0.25) is 4.79 Å². The Morgan fingerprint density at radius 1 is 1.22 bits per heavy atom. The molecule has 2 aromatic heterocycles. The van der Waals surface area contributed by atoms with Crippen LogP contribution in [0.2, 0.25) is 0 Å². The highest BCUT2D eigenvalue weighted by Crippen LogP contribution is 2.19. The molecule has 0 saturated carbocycles. The van der Waals surface area contributed by atoms with Crippen molar-refractivity contribution in [2.24, 2.45) is 0 Å². The fourth-order valence-corrected chi connectivity index (χ4v) is 2.79. The molecule has 0 radical (unpaired) electrons. The fourth-order valence-electron chi connectivity index (χ4n) is 2.79. The maximum Gasteiger partial charge on any atom is 0.307 e. The number of fused-ring (bicyclic) bond motifs is 1. The Labute approximate surface area is 135 Å². The van der Waals surface area contributed by atoms with Gasteiger partial charge >= 0.3 is 6.33 Å². The molecule has 23 heavy (non-hydrogen) atoms. The predicted octanol–water partition coefficient (Wildman–Crippen LogP) is 2.64. The molecule has 2 heterocycles. The van der Waals surface area contributed by atoms with Gasteiger partial charge in [0.1, 0.15) is 5.54 Å². The second-order valence-corrected chi connectivity index (χ2v) is 7.00. The van der Waals surface area contributed by atoms with Crippen molar-refractivity contribution in [1.82, 2.24) is 15.1 Å². The van der Waals surface area contributed by atoms with E-state index >= 15 is 0 Å². The predicted molar refractivity (Wildman–Crippen MR) is 90.5 cm³/mol. The number of aromatic amines is 2. The third-order valence-electron chi connectivity index (χ3n) is 4.17. The molecule has 120 valence electrons. The Bertz CT molecular complexity index is 889.